The van der Waals surface area contributed by atoms with Gasteiger partial charge in [-0.25, -0.2) is 0 Å². The van der Waals surface area contributed by atoms with Crippen LogP contribution in [0.3, 0.4) is 0 Å². The second-order valence-electron chi connectivity index (χ2n) is 3.51. The van der Waals surface area contributed by atoms with E-state index in [1.54, 1.807) is 0 Å². The molecule has 90 valence electrons. The van der Waals surface area contributed by atoms with Crippen LogP contribution in [0, 0.1) is 0 Å². The molecule has 1 heterocycles. The van der Waals surface area contributed by atoms with Crippen molar-refractivity contribution in [3.63, 3.8) is 0 Å². The van der Waals surface area contributed by atoms with Crippen LogP contribution < -0.4 is 5.32 Å². The average Bonchev–Trinajstić information content (AvgIpc) is 2.80. The minimum absolute atomic E-state index is 0.133. The Bertz CT molecular complexity index is 311. The Morgan fingerprint density at radius 3 is 2.75 bits per heavy atom. The van der Waals surface area contributed by atoms with Crippen molar-refractivity contribution in [2.24, 2.45) is 0 Å². The summed E-state index contributed by atoms with van der Waals surface area (Å²) in [5.41, 5.74) is 0.879. The zero-order chi connectivity index (χ0) is 12.0. The molecule has 6 heteroatoms. The maximum absolute atomic E-state index is 11.9. The van der Waals surface area contributed by atoms with Crippen LogP contribution in [0.25, 0.3) is 0 Å². The first-order valence-corrected chi connectivity index (χ1v) is 6.30. The number of carbonyl (C=O) groups is 1. The predicted octanol–water partition coefficient (Wildman–Crippen LogP) is 0.885. The molecule has 0 bridgehead atoms. The zero-order valence-corrected chi connectivity index (χ0v) is 10.8. The van der Waals surface area contributed by atoms with Gasteiger partial charge >= 0.3 is 0 Å². The summed E-state index contributed by atoms with van der Waals surface area (Å²) in [5.74, 6) is 0.133. The van der Waals surface area contributed by atoms with Crippen molar-refractivity contribution in [1.82, 2.24) is 19.8 Å². The van der Waals surface area contributed by atoms with Gasteiger partial charge in [0.15, 0.2) is 0 Å². The lowest BCUT2D eigenvalue weighted by Crippen LogP contribution is -2.44. The smallest absolute Gasteiger partial charge is 0.239 e. The molecular weight excluding hydrogens is 224 g/mol. The first-order valence-electron chi connectivity index (χ1n) is 5.47. The number of hydrogen-bond acceptors (Lipinski definition) is 5. The quantitative estimate of drug-likeness (QED) is 0.804. The molecule has 0 aliphatic carbocycles. The van der Waals surface area contributed by atoms with Crippen molar-refractivity contribution in [2.75, 3.05) is 13.1 Å². The lowest BCUT2D eigenvalue weighted by atomic mass is 10.2. The van der Waals surface area contributed by atoms with E-state index in [2.05, 4.69) is 14.9 Å². The number of amides is 1. The number of hydrogen-bond donors (Lipinski definition) is 1. The van der Waals surface area contributed by atoms with Crippen molar-refractivity contribution in [1.29, 1.82) is 0 Å². The van der Waals surface area contributed by atoms with E-state index in [4.69, 9.17) is 0 Å². The number of nitrogens with one attached hydrogen (secondary N) is 1. The van der Waals surface area contributed by atoms with Crippen LogP contribution in [0.4, 0.5) is 0 Å². The van der Waals surface area contributed by atoms with E-state index in [0.29, 0.717) is 6.54 Å². The minimum Gasteiger partial charge on any atom is -0.342 e. The molecule has 0 aromatic carbocycles. The lowest BCUT2D eigenvalue weighted by Gasteiger charge is -2.23. The van der Waals surface area contributed by atoms with Crippen molar-refractivity contribution >= 4 is 17.4 Å². The summed E-state index contributed by atoms with van der Waals surface area (Å²) in [7, 11) is 0. The van der Waals surface area contributed by atoms with E-state index in [1.807, 2.05) is 31.1 Å². The fraction of sp³-hybridized carbons (Fsp3) is 0.700. The highest BCUT2D eigenvalue weighted by Crippen LogP contribution is 1.99. The third-order valence-corrected chi connectivity index (χ3v) is 2.99. The average molecular weight is 242 g/mol. The Labute approximate surface area is 100 Å². The van der Waals surface area contributed by atoms with Gasteiger partial charge in [0.2, 0.25) is 5.91 Å². The topological polar surface area (TPSA) is 58.1 Å². The summed E-state index contributed by atoms with van der Waals surface area (Å²) in [6.07, 6.45) is 0. The van der Waals surface area contributed by atoms with E-state index in [-0.39, 0.29) is 11.9 Å². The van der Waals surface area contributed by atoms with E-state index >= 15 is 0 Å². The van der Waals surface area contributed by atoms with Gasteiger partial charge in [-0.2, -0.15) is 0 Å². The molecule has 1 aromatic rings. The summed E-state index contributed by atoms with van der Waals surface area (Å²) in [6, 6.07) is -0.179. The van der Waals surface area contributed by atoms with Gasteiger partial charge < -0.3 is 10.2 Å². The SMILES string of the molecule is CCN(CC)C(=O)C(C)NCc1csnn1. The van der Waals surface area contributed by atoms with Gasteiger partial charge in [-0.15, -0.1) is 5.10 Å². The highest BCUT2D eigenvalue weighted by Gasteiger charge is 2.17. The molecule has 0 radical (unpaired) electrons. The molecule has 0 aliphatic rings. The number of carbonyl (C=O) groups excluding carboxylic acids is 1. The van der Waals surface area contributed by atoms with E-state index in [0.717, 1.165) is 18.8 Å². The second kappa shape index (κ2) is 6.55. The molecule has 0 spiro atoms. The van der Waals surface area contributed by atoms with Crippen LogP contribution in [0.2, 0.25) is 0 Å². The van der Waals surface area contributed by atoms with E-state index in [9.17, 15) is 4.79 Å². The Morgan fingerprint density at radius 1 is 1.56 bits per heavy atom. The Balaban J connectivity index is 2.39. The summed E-state index contributed by atoms with van der Waals surface area (Å²) >= 11 is 1.32. The zero-order valence-electron chi connectivity index (χ0n) is 9.93. The molecule has 1 N–H and O–H groups in total. The second-order valence-corrected chi connectivity index (χ2v) is 4.12. The number of nitrogens with zero attached hydrogens (tertiary/aromatic N) is 3. The molecule has 1 amide bonds. The first-order chi connectivity index (χ1) is 7.69. The monoisotopic (exact) mass is 242 g/mol. The fourth-order valence-electron chi connectivity index (χ4n) is 1.42. The maximum Gasteiger partial charge on any atom is 0.239 e. The molecule has 1 atom stereocenters. The fourth-order valence-corrected chi connectivity index (χ4v) is 1.87. The molecule has 5 nitrogen and oxygen atoms in total. The third kappa shape index (κ3) is 3.53. The number of aromatic nitrogens is 2. The maximum atomic E-state index is 11.9. The van der Waals surface area contributed by atoms with Crippen molar-refractivity contribution < 1.29 is 4.79 Å². The van der Waals surface area contributed by atoms with Crippen molar-refractivity contribution in [2.45, 2.75) is 33.4 Å². The molecule has 1 rings (SSSR count). The molecule has 16 heavy (non-hydrogen) atoms. The summed E-state index contributed by atoms with van der Waals surface area (Å²) in [5, 5.41) is 8.94. The summed E-state index contributed by atoms with van der Waals surface area (Å²) in [4.78, 5) is 13.7. The minimum atomic E-state index is -0.179. The molecule has 0 saturated carbocycles. The lowest BCUT2D eigenvalue weighted by molar-refractivity contribution is -0.132. The van der Waals surface area contributed by atoms with Crippen LogP contribution in [0.1, 0.15) is 26.5 Å². The third-order valence-electron chi connectivity index (χ3n) is 2.44. The van der Waals surface area contributed by atoms with Crippen molar-refractivity contribution in [3.8, 4) is 0 Å². The molecule has 0 aliphatic heterocycles. The Hall–Kier alpha value is -1.01. The highest BCUT2D eigenvalue weighted by atomic mass is 32.1. The molecule has 0 saturated heterocycles. The Morgan fingerprint density at radius 2 is 2.25 bits per heavy atom. The predicted molar refractivity (Wildman–Crippen MR) is 64.1 cm³/mol. The molecule has 1 aromatic heterocycles. The summed E-state index contributed by atoms with van der Waals surface area (Å²) in [6.45, 7) is 7.93. The highest BCUT2D eigenvalue weighted by molar-refractivity contribution is 7.03. The van der Waals surface area contributed by atoms with Gasteiger partial charge in [0.05, 0.1) is 11.7 Å². The van der Waals surface area contributed by atoms with Gasteiger partial charge in [0.1, 0.15) is 0 Å². The van der Waals surface area contributed by atoms with Gasteiger partial charge in [-0.3, -0.25) is 4.79 Å². The van der Waals surface area contributed by atoms with Gasteiger partial charge in [-0.05, 0) is 32.3 Å². The number of rotatable bonds is 6. The van der Waals surface area contributed by atoms with Gasteiger partial charge in [0.25, 0.3) is 0 Å². The van der Waals surface area contributed by atoms with Gasteiger partial charge in [0, 0.05) is 25.0 Å². The van der Waals surface area contributed by atoms with Crippen LogP contribution >= 0.6 is 11.5 Å². The molecular formula is C10H18N4OS. The van der Waals surface area contributed by atoms with E-state index in [1.165, 1.54) is 11.5 Å². The van der Waals surface area contributed by atoms with Crippen LogP contribution in [-0.2, 0) is 11.3 Å². The van der Waals surface area contributed by atoms with Crippen molar-refractivity contribution in [3.05, 3.63) is 11.1 Å². The largest absolute Gasteiger partial charge is 0.342 e. The van der Waals surface area contributed by atoms with Gasteiger partial charge in [-0.1, -0.05) is 4.49 Å². The normalized spacial score (nSPS) is 12.4. The standard InChI is InChI=1S/C10H18N4OS/c1-4-14(5-2)10(15)8(3)11-6-9-7-16-13-12-9/h7-8,11H,4-6H2,1-3H3. The Kier molecular flexibility index (Phi) is 5.34. The number of likely N-dealkylation sites (N-methyl/N-ethyl adjacent to an activating group) is 1. The first kappa shape index (κ1) is 13.1. The molecule has 0 fully saturated rings. The van der Waals surface area contributed by atoms with Crippen LogP contribution in [0.5, 0.6) is 0 Å². The summed E-state index contributed by atoms with van der Waals surface area (Å²) < 4.78 is 3.77. The molecule has 1 unspecified atom stereocenters. The van der Waals surface area contributed by atoms with Crippen LogP contribution in [0.15, 0.2) is 5.38 Å². The van der Waals surface area contributed by atoms with Crippen LogP contribution in [-0.4, -0.2) is 39.5 Å². The van der Waals surface area contributed by atoms with E-state index < -0.39 is 0 Å².